The Bertz CT molecular complexity index is 424. The van der Waals surface area contributed by atoms with Crippen molar-refractivity contribution in [2.75, 3.05) is 18.4 Å². The van der Waals surface area contributed by atoms with Crippen LogP contribution >= 0.6 is 0 Å². The van der Waals surface area contributed by atoms with Gasteiger partial charge in [0.05, 0.1) is 12.2 Å². The lowest BCUT2D eigenvalue weighted by Crippen LogP contribution is -2.49. The summed E-state index contributed by atoms with van der Waals surface area (Å²) in [6, 6.07) is 7.76. The largest absolute Gasteiger partial charge is 0.372 e. The normalized spacial score (nSPS) is 23.8. The van der Waals surface area contributed by atoms with E-state index in [-0.39, 0.29) is 18.2 Å². The topological polar surface area (TPSA) is 41.6 Å². The second kappa shape index (κ2) is 5.40. The lowest BCUT2D eigenvalue weighted by atomic mass is 10.2. The summed E-state index contributed by atoms with van der Waals surface area (Å²) in [5, 5.41) is 2.92. The molecule has 0 aliphatic carbocycles. The Kier molecular flexibility index (Phi) is 3.87. The number of anilines is 1. The third-order valence-corrected chi connectivity index (χ3v) is 2.98. The number of hydrogen-bond acceptors (Lipinski definition) is 2. The highest BCUT2D eigenvalue weighted by Gasteiger charge is 2.25. The zero-order valence-corrected chi connectivity index (χ0v) is 11.1. The number of ether oxygens (including phenoxy) is 1. The van der Waals surface area contributed by atoms with Crippen LogP contribution in [-0.4, -0.2) is 36.2 Å². The van der Waals surface area contributed by atoms with E-state index in [0.717, 1.165) is 11.3 Å². The number of nitrogens with one attached hydrogen (secondary N) is 1. The van der Waals surface area contributed by atoms with Gasteiger partial charge in [0.15, 0.2) is 0 Å². The summed E-state index contributed by atoms with van der Waals surface area (Å²) in [6.45, 7) is 7.27. The Morgan fingerprint density at radius 3 is 2.61 bits per heavy atom. The van der Waals surface area contributed by atoms with Gasteiger partial charge in [-0.3, -0.25) is 0 Å². The van der Waals surface area contributed by atoms with E-state index in [1.54, 1.807) is 4.90 Å². The van der Waals surface area contributed by atoms with Crippen LogP contribution in [0, 0.1) is 6.92 Å². The minimum absolute atomic E-state index is 0.0531. The number of morpholine rings is 1. The maximum Gasteiger partial charge on any atom is 0.322 e. The first kappa shape index (κ1) is 12.9. The molecule has 4 heteroatoms. The van der Waals surface area contributed by atoms with Gasteiger partial charge in [0, 0.05) is 18.8 Å². The fourth-order valence-electron chi connectivity index (χ4n) is 2.27. The van der Waals surface area contributed by atoms with Gasteiger partial charge in [-0.25, -0.2) is 4.79 Å². The van der Waals surface area contributed by atoms with Crippen molar-refractivity contribution >= 4 is 11.7 Å². The standard InChI is InChI=1S/C14H20N2O2/c1-10-5-4-6-13(7-10)15-14(17)16-8-11(2)18-12(3)9-16/h4-7,11-12H,8-9H2,1-3H3,(H,15,17)/t11-,12+. The molecule has 2 atom stereocenters. The van der Waals surface area contributed by atoms with E-state index in [1.165, 1.54) is 0 Å². The summed E-state index contributed by atoms with van der Waals surface area (Å²) >= 11 is 0. The quantitative estimate of drug-likeness (QED) is 0.830. The molecule has 0 unspecified atom stereocenters. The van der Waals surface area contributed by atoms with E-state index < -0.39 is 0 Å². The van der Waals surface area contributed by atoms with Crippen LogP contribution in [0.5, 0.6) is 0 Å². The molecule has 1 heterocycles. The first-order valence-electron chi connectivity index (χ1n) is 6.32. The van der Waals surface area contributed by atoms with E-state index in [1.807, 2.05) is 45.0 Å². The van der Waals surface area contributed by atoms with Crippen molar-refractivity contribution in [2.24, 2.45) is 0 Å². The fourth-order valence-corrected chi connectivity index (χ4v) is 2.27. The number of benzene rings is 1. The second-order valence-electron chi connectivity index (χ2n) is 4.96. The summed E-state index contributed by atoms with van der Waals surface area (Å²) in [6.07, 6.45) is 0.189. The molecule has 1 N–H and O–H groups in total. The Morgan fingerprint density at radius 2 is 2.00 bits per heavy atom. The van der Waals surface area contributed by atoms with Crippen LogP contribution < -0.4 is 5.32 Å². The van der Waals surface area contributed by atoms with Crippen molar-refractivity contribution in [1.29, 1.82) is 0 Å². The maximum atomic E-state index is 12.1. The van der Waals surface area contributed by atoms with Crippen LogP contribution in [0.25, 0.3) is 0 Å². The molecule has 1 fully saturated rings. The molecule has 1 aromatic carbocycles. The van der Waals surface area contributed by atoms with E-state index in [0.29, 0.717) is 13.1 Å². The zero-order valence-electron chi connectivity index (χ0n) is 11.1. The van der Waals surface area contributed by atoms with E-state index in [9.17, 15) is 4.79 Å². The summed E-state index contributed by atoms with van der Waals surface area (Å²) in [4.78, 5) is 13.9. The second-order valence-corrected chi connectivity index (χ2v) is 4.96. The molecule has 0 spiro atoms. The molecular formula is C14H20N2O2. The smallest absolute Gasteiger partial charge is 0.322 e. The van der Waals surface area contributed by atoms with Crippen molar-refractivity contribution in [1.82, 2.24) is 4.90 Å². The number of nitrogens with zero attached hydrogens (tertiary/aromatic N) is 1. The van der Waals surface area contributed by atoms with Gasteiger partial charge in [-0.2, -0.15) is 0 Å². The number of aryl methyl sites for hydroxylation is 1. The van der Waals surface area contributed by atoms with Crippen molar-refractivity contribution < 1.29 is 9.53 Å². The number of carbonyl (C=O) groups excluding carboxylic acids is 1. The zero-order chi connectivity index (χ0) is 13.1. The summed E-state index contributed by atoms with van der Waals surface area (Å²) in [5.74, 6) is 0. The minimum atomic E-state index is -0.0531. The molecule has 0 saturated carbocycles. The Morgan fingerprint density at radius 1 is 1.33 bits per heavy atom. The number of urea groups is 1. The molecule has 1 aliphatic rings. The number of carbonyl (C=O) groups is 1. The van der Waals surface area contributed by atoms with Gasteiger partial charge in [0.25, 0.3) is 0 Å². The SMILES string of the molecule is Cc1cccc(NC(=O)N2C[C@@H](C)O[C@@H](C)C2)c1. The monoisotopic (exact) mass is 248 g/mol. The van der Waals surface area contributed by atoms with Crippen molar-refractivity contribution in [3.8, 4) is 0 Å². The van der Waals surface area contributed by atoms with Crippen molar-refractivity contribution in [3.05, 3.63) is 29.8 Å². The first-order valence-corrected chi connectivity index (χ1v) is 6.32. The molecule has 0 radical (unpaired) electrons. The van der Waals surface area contributed by atoms with Crippen LogP contribution in [0.2, 0.25) is 0 Å². The molecule has 4 nitrogen and oxygen atoms in total. The fraction of sp³-hybridized carbons (Fsp3) is 0.500. The van der Waals surface area contributed by atoms with Crippen LogP contribution in [-0.2, 0) is 4.74 Å². The molecule has 1 aromatic rings. The summed E-state index contributed by atoms with van der Waals surface area (Å²) < 4.78 is 5.61. The maximum absolute atomic E-state index is 12.1. The van der Waals surface area contributed by atoms with Gasteiger partial charge in [0.1, 0.15) is 0 Å². The number of amides is 2. The van der Waals surface area contributed by atoms with Gasteiger partial charge < -0.3 is 15.0 Å². The lowest BCUT2D eigenvalue weighted by Gasteiger charge is -2.35. The third-order valence-electron chi connectivity index (χ3n) is 2.98. The van der Waals surface area contributed by atoms with Crippen LogP contribution in [0.4, 0.5) is 10.5 Å². The molecule has 2 rings (SSSR count). The minimum Gasteiger partial charge on any atom is -0.372 e. The Labute approximate surface area is 108 Å². The molecular weight excluding hydrogens is 228 g/mol. The van der Waals surface area contributed by atoms with Crippen molar-refractivity contribution in [2.45, 2.75) is 33.0 Å². The Balaban J connectivity index is 1.99. The molecule has 1 saturated heterocycles. The molecule has 2 amide bonds. The van der Waals surface area contributed by atoms with Gasteiger partial charge >= 0.3 is 6.03 Å². The van der Waals surface area contributed by atoms with Crippen LogP contribution in [0.3, 0.4) is 0 Å². The third kappa shape index (κ3) is 3.23. The first-order chi connectivity index (χ1) is 8.54. The van der Waals surface area contributed by atoms with E-state index >= 15 is 0 Å². The molecule has 0 aromatic heterocycles. The highest BCUT2D eigenvalue weighted by molar-refractivity contribution is 5.89. The van der Waals surface area contributed by atoms with E-state index in [2.05, 4.69) is 5.32 Å². The van der Waals surface area contributed by atoms with Gasteiger partial charge in [0.2, 0.25) is 0 Å². The van der Waals surface area contributed by atoms with Crippen molar-refractivity contribution in [3.63, 3.8) is 0 Å². The summed E-state index contributed by atoms with van der Waals surface area (Å²) in [5.41, 5.74) is 1.98. The summed E-state index contributed by atoms with van der Waals surface area (Å²) in [7, 11) is 0. The van der Waals surface area contributed by atoms with E-state index in [4.69, 9.17) is 4.74 Å². The number of hydrogen-bond donors (Lipinski definition) is 1. The lowest BCUT2D eigenvalue weighted by molar-refractivity contribution is -0.0530. The Hall–Kier alpha value is -1.55. The number of rotatable bonds is 1. The average molecular weight is 248 g/mol. The molecule has 98 valence electrons. The highest BCUT2D eigenvalue weighted by atomic mass is 16.5. The van der Waals surface area contributed by atoms with Gasteiger partial charge in [-0.05, 0) is 38.5 Å². The van der Waals surface area contributed by atoms with Crippen LogP contribution in [0.1, 0.15) is 19.4 Å². The van der Waals surface area contributed by atoms with Crippen LogP contribution in [0.15, 0.2) is 24.3 Å². The predicted molar refractivity (Wildman–Crippen MR) is 71.8 cm³/mol. The molecule has 1 aliphatic heterocycles. The highest BCUT2D eigenvalue weighted by Crippen LogP contribution is 2.14. The molecule has 0 bridgehead atoms. The van der Waals surface area contributed by atoms with Gasteiger partial charge in [-0.1, -0.05) is 12.1 Å². The van der Waals surface area contributed by atoms with Gasteiger partial charge in [-0.15, -0.1) is 0 Å². The average Bonchev–Trinajstić information content (AvgIpc) is 2.27. The molecule has 18 heavy (non-hydrogen) atoms. The predicted octanol–water partition coefficient (Wildman–Crippen LogP) is 2.64.